The van der Waals surface area contributed by atoms with Crippen molar-refractivity contribution in [3.63, 3.8) is 0 Å². The summed E-state index contributed by atoms with van der Waals surface area (Å²) in [4.78, 5) is 25.9. The Kier molecular flexibility index (Phi) is 4.96. The molecular weight excluding hydrogens is 391 g/mol. The van der Waals surface area contributed by atoms with Crippen LogP contribution in [0.15, 0.2) is 18.2 Å². The molecule has 2 atom stereocenters. The van der Waals surface area contributed by atoms with E-state index in [4.69, 9.17) is 14.2 Å². The van der Waals surface area contributed by atoms with E-state index in [2.05, 4.69) is 0 Å². The van der Waals surface area contributed by atoms with Crippen LogP contribution in [0.25, 0.3) is 0 Å². The number of nitrogens with zero attached hydrogens (tertiary/aromatic N) is 1. The molecule has 1 aliphatic carbocycles. The zero-order chi connectivity index (χ0) is 20.8. The molecule has 2 fully saturated rings. The molecule has 1 unspecified atom stereocenters. The van der Waals surface area contributed by atoms with Gasteiger partial charge in [-0.2, -0.15) is 13.2 Å². The number of rotatable bonds is 3. The SMILES string of the molecule is CC(=O)OC1CC[C@@](C(=O)N2COc3ccc(C(F)(F)F)cc3C2)(C2CC2)OC1. The first-order valence-electron chi connectivity index (χ1n) is 9.62. The summed E-state index contributed by atoms with van der Waals surface area (Å²) in [6, 6.07) is 3.29. The van der Waals surface area contributed by atoms with E-state index in [1.54, 1.807) is 0 Å². The molecule has 3 aliphatic rings. The number of benzene rings is 1. The first kappa shape index (κ1) is 20.0. The summed E-state index contributed by atoms with van der Waals surface area (Å²) in [5.41, 5.74) is -1.48. The third kappa shape index (κ3) is 3.92. The van der Waals surface area contributed by atoms with Gasteiger partial charge in [-0.1, -0.05) is 0 Å². The summed E-state index contributed by atoms with van der Waals surface area (Å²) >= 11 is 0. The fourth-order valence-electron chi connectivity index (χ4n) is 4.13. The highest BCUT2D eigenvalue weighted by Crippen LogP contribution is 2.48. The number of ether oxygens (including phenoxy) is 3. The van der Waals surface area contributed by atoms with E-state index in [1.165, 1.54) is 17.9 Å². The van der Waals surface area contributed by atoms with Crippen molar-refractivity contribution in [2.24, 2.45) is 5.92 Å². The lowest BCUT2D eigenvalue weighted by Crippen LogP contribution is -2.57. The number of amides is 1. The predicted octanol–water partition coefficient (Wildman–Crippen LogP) is 3.27. The van der Waals surface area contributed by atoms with Crippen molar-refractivity contribution in [3.8, 4) is 5.75 Å². The Balaban J connectivity index is 1.51. The van der Waals surface area contributed by atoms with Gasteiger partial charge >= 0.3 is 12.1 Å². The highest BCUT2D eigenvalue weighted by atomic mass is 19.4. The minimum Gasteiger partial charge on any atom is -0.473 e. The number of alkyl halides is 3. The molecule has 9 heteroatoms. The van der Waals surface area contributed by atoms with Crippen LogP contribution in [0.1, 0.15) is 43.7 Å². The second-order valence-electron chi connectivity index (χ2n) is 7.84. The summed E-state index contributed by atoms with van der Waals surface area (Å²) in [6.07, 6.45) is -2.23. The molecule has 158 valence electrons. The average Bonchev–Trinajstić information content (AvgIpc) is 3.52. The number of fused-ring (bicyclic) bond motifs is 1. The van der Waals surface area contributed by atoms with E-state index in [1.807, 2.05) is 0 Å². The second-order valence-corrected chi connectivity index (χ2v) is 7.84. The van der Waals surface area contributed by atoms with Gasteiger partial charge in [0, 0.05) is 12.5 Å². The van der Waals surface area contributed by atoms with Crippen LogP contribution in [0.2, 0.25) is 0 Å². The lowest BCUT2D eigenvalue weighted by Gasteiger charge is -2.42. The Hall–Kier alpha value is -2.29. The van der Waals surface area contributed by atoms with Crippen molar-refractivity contribution in [2.75, 3.05) is 13.3 Å². The summed E-state index contributed by atoms with van der Waals surface area (Å²) in [5.74, 6) is -0.257. The van der Waals surface area contributed by atoms with Crippen LogP contribution >= 0.6 is 0 Å². The monoisotopic (exact) mass is 413 g/mol. The van der Waals surface area contributed by atoms with Crippen molar-refractivity contribution in [2.45, 2.75) is 57.0 Å². The fraction of sp³-hybridized carbons (Fsp3) is 0.600. The van der Waals surface area contributed by atoms with E-state index in [0.29, 0.717) is 24.2 Å². The van der Waals surface area contributed by atoms with Crippen LogP contribution in [0.5, 0.6) is 5.75 Å². The maximum Gasteiger partial charge on any atom is 0.416 e. The molecule has 29 heavy (non-hydrogen) atoms. The molecule has 4 rings (SSSR count). The molecule has 0 aromatic heterocycles. The first-order chi connectivity index (χ1) is 13.7. The van der Waals surface area contributed by atoms with E-state index in [9.17, 15) is 22.8 Å². The van der Waals surface area contributed by atoms with Crippen molar-refractivity contribution >= 4 is 11.9 Å². The summed E-state index contributed by atoms with van der Waals surface area (Å²) in [5, 5.41) is 0. The Labute approximate surface area is 165 Å². The summed E-state index contributed by atoms with van der Waals surface area (Å²) in [6.45, 7) is 1.45. The zero-order valence-corrected chi connectivity index (χ0v) is 16.0. The van der Waals surface area contributed by atoms with Crippen molar-refractivity contribution in [1.29, 1.82) is 0 Å². The first-order valence-corrected chi connectivity index (χ1v) is 9.62. The third-order valence-electron chi connectivity index (χ3n) is 5.71. The van der Waals surface area contributed by atoms with Gasteiger partial charge in [-0.3, -0.25) is 9.59 Å². The lowest BCUT2D eigenvalue weighted by atomic mass is 9.86. The van der Waals surface area contributed by atoms with Gasteiger partial charge in [-0.05, 0) is 49.8 Å². The Morgan fingerprint density at radius 1 is 1.24 bits per heavy atom. The van der Waals surface area contributed by atoms with Gasteiger partial charge in [-0.25, -0.2) is 0 Å². The Bertz CT molecular complexity index is 813. The van der Waals surface area contributed by atoms with Crippen molar-refractivity contribution in [1.82, 2.24) is 4.90 Å². The van der Waals surface area contributed by atoms with Gasteiger partial charge in [0.1, 0.15) is 17.5 Å². The number of carbonyl (C=O) groups excluding carboxylic acids is 2. The highest BCUT2D eigenvalue weighted by Gasteiger charge is 2.56. The number of hydrogen-bond acceptors (Lipinski definition) is 5. The number of esters is 1. The number of halogens is 3. The average molecular weight is 413 g/mol. The van der Waals surface area contributed by atoms with E-state index >= 15 is 0 Å². The molecule has 0 bridgehead atoms. The molecule has 1 aromatic rings. The minimum absolute atomic E-state index is 0.0310. The van der Waals surface area contributed by atoms with Crippen molar-refractivity contribution in [3.05, 3.63) is 29.3 Å². The van der Waals surface area contributed by atoms with Crippen LogP contribution in [0.4, 0.5) is 13.2 Å². The summed E-state index contributed by atoms with van der Waals surface area (Å²) < 4.78 is 55.8. The molecule has 2 heterocycles. The Morgan fingerprint density at radius 3 is 2.59 bits per heavy atom. The summed E-state index contributed by atoms with van der Waals surface area (Å²) in [7, 11) is 0. The second kappa shape index (κ2) is 7.19. The largest absolute Gasteiger partial charge is 0.473 e. The fourth-order valence-corrected chi connectivity index (χ4v) is 4.13. The normalized spacial score (nSPS) is 27.0. The molecule has 1 saturated heterocycles. The van der Waals surface area contributed by atoms with Crippen LogP contribution in [-0.2, 0) is 31.8 Å². The molecule has 2 aliphatic heterocycles. The van der Waals surface area contributed by atoms with E-state index in [0.717, 1.165) is 25.0 Å². The van der Waals surface area contributed by atoms with Gasteiger partial charge in [-0.15, -0.1) is 0 Å². The smallest absolute Gasteiger partial charge is 0.416 e. The van der Waals surface area contributed by atoms with Crippen LogP contribution in [-0.4, -0.2) is 41.8 Å². The van der Waals surface area contributed by atoms with E-state index < -0.39 is 23.3 Å². The minimum atomic E-state index is -4.46. The lowest BCUT2D eigenvalue weighted by molar-refractivity contribution is -0.189. The van der Waals surface area contributed by atoms with Gasteiger partial charge in [0.05, 0.1) is 18.7 Å². The standard InChI is InChI=1S/C20H22F3NO5/c1-12(25)29-16-6-7-19(28-10-16,14-2-3-14)18(26)24-9-13-8-15(20(21,22)23)4-5-17(13)27-11-24/h4-5,8,14,16H,2-3,6-7,9-11H2,1H3/t16?,19-/m0/s1. The molecule has 0 N–H and O–H groups in total. The molecule has 0 spiro atoms. The van der Waals surface area contributed by atoms with Gasteiger partial charge in [0.2, 0.25) is 0 Å². The molecule has 0 radical (unpaired) electrons. The molecule has 1 aromatic carbocycles. The van der Waals surface area contributed by atoms with Gasteiger partial charge in [0.25, 0.3) is 5.91 Å². The third-order valence-corrected chi connectivity index (χ3v) is 5.71. The molecule has 1 saturated carbocycles. The van der Waals surface area contributed by atoms with Gasteiger partial charge < -0.3 is 19.1 Å². The Morgan fingerprint density at radius 2 is 2.00 bits per heavy atom. The van der Waals surface area contributed by atoms with Crippen LogP contribution in [0.3, 0.4) is 0 Å². The quantitative estimate of drug-likeness (QED) is 0.712. The van der Waals surface area contributed by atoms with Crippen LogP contribution in [0, 0.1) is 5.92 Å². The van der Waals surface area contributed by atoms with Crippen LogP contribution < -0.4 is 4.74 Å². The maximum atomic E-state index is 13.4. The van der Waals surface area contributed by atoms with Crippen molar-refractivity contribution < 1.29 is 37.0 Å². The molecule has 6 nitrogen and oxygen atoms in total. The maximum absolute atomic E-state index is 13.4. The number of carbonyl (C=O) groups is 2. The number of hydrogen-bond donors (Lipinski definition) is 0. The zero-order valence-electron chi connectivity index (χ0n) is 16.0. The predicted molar refractivity (Wildman–Crippen MR) is 93.7 cm³/mol. The van der Waals surface area contributed by atoms with E-state index in [-0.39, 0.29) is 37.8 Å². The highest BCUT2D eigenvalue weighted by molar-refractivity contribution is 5.86. The topological polar surface area (TPSA) is 65.1 Å². The molecule has 1 amide bonds. The van der Waals surface area contributed by atoms with Gasteiger partial charge in [0.15, 0.2) is 6.73 Å². The molecular formula is C20H22F3NO5.